The molecule has 218 valence electrons. The number of amides is 1. The molecule has 3 rings (SSSR count). The van der Waals surface area contributed by atoms with Gasteiger partial charge in [-0.15, -0.1) is 0 Å². The van der Waals surface area contributed by atoms with E-state index in [4.69, 9.17) is 18.9 Å². The third-order valence-electron chi connectivity index (χ3n) is 6.53. The molecule has 41 heavy (non-hydrogen) atoms. The van der Waals surface area contributed by atoms with Crippen LogP contribution in [0.15, 0.2) is 79.1 Å². The molecule has 0 aliphatic carbocycles. The van der Waals surface area contributed by atoms with E-state index in [-0.39, 0.29) is 12.2 Å². The zero-order chi connectivity index (χ0) is 29.6. The Labute approximate surface area is 241 Å². The predicted molar refractivity (Wildman–Crippen MR) is 158 cm³/mol. The summed E-state index contributed by atoms with van der Waals surface area (Å²) in [6.45, 7) is 6.45. The van der Waals surface area contributed by atoms with Gasteiger partial charge in [-0.05, 0) is 73.0 Å². The summed E-state index contributed by atoms with van der Waals surface area (Å²) in [5.41, 5.74) is 1.56. The van der Waals surface area contributed by atoms with Crippen LogP contribution >= 0.6 is 0 Å². The van der Waals surface area contributed by atoms with Crippen LogP contribution in [-0.4, -0.2) is 43.9 Å². The zero-order valence-corrected chi connectivity index (χ0v) is 24.0. The van der Waals surface area contributed by atoms with E-state index >= 15 is 0 Å². The lowest BCUT2D eigenvalue weighted by molar-refractivity contribution is 0.0734. The number of aliphatic hydroxyl groups excluding tert-OH is 1. The van der Waals surface area contributed by atoms with Gasteiger partial charge in [0.1, 0.15) is 17.3 Å². The molecule has 0 bridgehead atoms. The maximum atomic E-state index is 12.8. The molecule has 2 N–H and O–H groups in total. The quantitative estimate of drug-likeness (QED) is 0.0870. The Morgan fingerprint density at radius 2 is 1.46 bits per heavy atom. The second-order valence-corrected chi connectivity index (χ2v) is 9.61. The number of aliphatic hydroxyl groups is 1. The second-order valence-electron chi connectivity index (χ2n) is 9.61. The van der Waals surface area contributed by atoms with Crippen LogP contribution in [-0.2, 0) is 6.42 Å². The Morgan fingerprint density at radius 1 is 0.829 bits per heavy atom. The van der Waals surface area contributed by atoms with Gasteiger partial charge in [0.25, 0.3) is 5.91 Å². The lowest BCUT2D eigenvalue weighted by Gasteiger charge is -2.18. The van der Waals surface area contributed by atoms with Gasteiger partial charge in [0.05, 0.1) is 32.4 Å². The van der Waals surface area contributed by atoms with Crippen LogP contribution in [0.5, 0.6) is 23.0 Å². The van der Waals surface area contributed by atoms with Crippen molar-refractivity contribution in [3.8, 4) is 23.0 Å². The van der Waals surface area contributed by atoms with Crippen LogP contribution in [0, 0.1) is 0 Å². The molecule has 3 aromatic rings. The highest BCUT2D eigenvalue weighted by Crippen LogP contribution is 2.27. The van der Waals surface area contributed by atoms with Crippen LogP contribution in [0.25, 0.3) is 0 Å². The van der Waals surface area contributed by atoms with Gasteiger partial charge in [0, 0.05) is 5.56 Å². The molecular formula is C33H39NO7. The largest absolute Gasteiger partial charge is 0.511 e. The van der Waals surface area contributed by atoms with Crippen LogP contribution < -0.4 is 24.3 Å². The van der Waals surface area contributed by atoms with Crippen LogP contribution in [0.3, 0.4) is 0 Å². The number of hydrogen-bond acceptors (Lipinski definition) is 7. The number of benzene rings is 3. The van der Waals surface area contributed by atoms with Crippen molar-refractivity contribution < 1.29 is 33.6 Å². The summed E-state index contributed by atoms with van der Waals surface area (Å²) in [6.07, 6.45) is 6.13. The number of rotatable bonds is 16. The second kappa shape index (κ2) is 16.0. The first-order valence-electron chi connectivity index (χ1n) is 13.8. The first-order chi connectivity index (χ1) is 19.8. The minimum Gasteiger partial charge on any atom is -0.511 e. The first kappa shape index (κ1) is 31.1. The van der Waals surface area contributed by atoms with Gasteiger partial charge in [0.2, 0.25) is 0 Å². The Bertz CT molecular complexity index is 1290. The zero-order valence-electron chi connectivity index (χ0n) is 24.0. The highest BCUT2D eigenvalue weighted by atomic mass is 16.5. The lowest BCUT2D eigenvalue weighted by atomic mass is 10.0. The molecule has 0 aromatic heterocycles. The average molecular weight is 562 g/mol. The molecule has 0 unspecified atom stereocenters. The third-order valence-corrected chi connectivity index (χ3v) is 6.53. The number of unbranched alkanes of at least 4 members (excludes halogenated alkanes) is 4. The summed E-state index contributed by atoms with van der Waals surface area (Å²) in [7, 11) is 3.00. The predicted octanol–water partition coefficient (Wildman–Crippen LogP) is 6.69. The minimum absolute atomic E-state index is 0.182. The van der Waals surface area contributed by atoms with Gasteiger partial charge in [-0.1, -0.05) is 51.3 Å². The molecule has 0 radical (unpaired) electrons. The van der Waals surface area contributed by atoms with Crippen molar-refractivity contribution in [1.82, 2.24) is 5.32 Å². The molecule has 0 aliphatic rings. The molecule has 0 spiro atoms. The number of ether oxygens (including phenoxy) is 4. The monoisotopic (exact) mass is 561 g/mol. The van der Waals surface area contributed by atoms with E-state index in [1.54, 1.807) is 66.7 Å². The standard InChI is InChI=1S/C33H39NO7/c1-5-6-7-8-9-20-40-27-17-12-25(13-18-27)33(37)41-28-15-10-24(11-16-28)21-29(23(2)35)34-32(36)26-14-19-30(38-3)31(22-26)39-4/h10-19,22,29,35H,2,5-9,20-21H2,1,3-4H3,(H,34,36)/t29-/m0/s1. The number of esters is 1. The van der Waals surface area contributed by atoms with Crippen molar-refractivity contribution in [2.75, 3.05) is 20.8 Å². The van der Waals surface area contributed by atoms with Gasteiger partial charge in [-0.25, -0.2) is 4.79 Å². The maximum Gasteiger partial charge on any atom is 0.343 e. The Kier molecular flexibility index (Phi) is 12.1. The SMILES string of the molecule is C=C(O)[C@H](Cc1ccc(OC(=O)c2ccc(OCCCCCCC)cc2)cc1)NC(=O)c1ccc(OC)c(OC)c1. The maximum absolute atomic E-state index is 12.8. The van der Waals surface area contributed by atoms with Gasteiger partial charge in [-0.3, -0.25) is 4.79 Å². The number of nitrogens with one attached hydrogen (secondary N) is 1. The fourth-order valence-corrected chi connectivity index (χ4v) is 4.15. The summed E-state index contributed by atoms with van der Waals surface area (Å²) >= 11 is 0. The van der Waals surface area contributed by atoms with E-state index in [9.17, 15) is 14.7 Å². The molecule has 0 saturated carbocycles. The van der Waals surface area contributed by atoms with Gasteiger partial charge in [-0.2, -0.15) is 0 Å². The minimum atomic E-state index is -0.735. The van der Waals surface area contributed by atoms with E-state index in [1.807, 2.05) is 0 Å². The smallest absolute Gasteiger partial charge is 0.343 e. The van der Waals surface area contributed by atoms with Gasteiger partial charge in [0.15, 0.2) is 11.5 Å². The fourth-order valence-electron chi connectivity index (χ4n) is 4.15. The van der Waals surface area contributed by atoms with E-state index in [2.05, 4.69) is 18.8 Å². The van der Waals surface area contributed by atoms with E-state index in [1.165, 1.54) is 33.5 Å². The van der Waals surface area contributed by atoms with Crippen molar-refractivity contribution in [2.45, 2.75) is 51.5 Å². The molecular weight excluding hydrogens is 522 g/mol. The van der Waals surface area contributed by atoms with Crippen molar-refractivity contribution in [1.29, 1.82) is 0 Å². The molecule has 0 fully saturated rings. The third kappa shape index (κ3) is 9.60. The normalized spacial score (nSPS) is 11.3. The molecule has 1 atom stereocenters. The Hall–Kier alpha value is -4.46. The molecule has 8 heteroatoms. The number of hydrogen-bond donors (Lipinski definition) is 2. The first-order valence-corrected chi connectivity index (χ1v) is 13.8. The van der Waals surface area contributed by atoms with Crippen LogP contribution in [0.1, 0.15) is 65.3 Å². The highest BCUT2D eigenvalue weighted by molar-refractivity contribution is 5.95. The highest BCUT2D eigenvalue weighted by Gasteiger charge is 2.19. The molecule has 0 heterocycles. The Morgan fingerprint density at radius 3 is 2.10 bits per heavy atom. The molecule has 0 saturated heterocycles. The van der Waals surface area contributed by atoms with E-state index < -0.39 is 17.9 Å². The molecule has 1 amide bonds. The number of carbonyl (C=O) groups is 2. The summed E-state index contributed by atoms with van der Waals surface area (Å²) in [6, 6.07) is 17.8. The summed E-state index contributed by atoms with van der Waals surface area (Å²) in [5.74, 6) is 0.954. The lowest BCUT2D eigenvalue weighted by Crippen LogP contribution is -2.37. The summed E-state index contributed by atoms with van der Waals surface area (Å²) < 4.78 is 21.7. The van der Waals surface area contributed by atoms with Crippen molar-refractivity contribution in [3.05, 3.63) is 95.8 Å². The van der Waals surface area contributed by atoms with Gasteiger partial charge < -0.3 is 29.4 Å². The van der Waals surface area contributed by atoms with E-state index in [0.717, 1.165) is 24.2 Å². The summed E-state index contributed by atoms with van der Waals surface area (Å²) in [5, 5.41) is 12.9. The van der Waals surface area contributed by atoms with E-state index in [0.29, 0.717) is 35.0 Å². The topological polar surface area (TPSA) is 103 Å². The molecule has 8 nitrogen and oxygen atoms in total. The number of carbonyl (C=O) groups excluding carboxylic acids is 2. The molecule has 0 aliphatic heterocycles. The summed E-state index contributed by atoms with van der Waals surface area (Å²) in [4.78, 5) is 25.4. The van der Waals surface area contributed by atoms with Crippen LogP contribution in [0.4, 0.5) is 0 Å². The van der Waals surface area contributed by atoms with Crippen molar-refractivity contribution >= 4 is 11.9 Å². The van der Waals surface area contributed by atoms with Crippen molar-refractivity contribution in [3.63, 3.8) is 0 Å². The average Bonchev–Trinajstić information content (AvgIpc) is 2.99. The van der Waals surface area contributed by atoms with Gasteiger partial charge >= 0.3 is 5.97 Å². The molecule has 3 aromatic carbocycles. The van der Waals surface area contributed by atoms with Crippen molar-refractivity contribution in [2.24, 2.45) is 0 Å². The Balaban J connectivity index is 1.53. The number of methoxy groups -OCH3 is 2. The van der Waals surface area contributed by atoms with Crippen LogP contribution in [0.2, 0.25) is 0 Å². The fraction of sp³-hybridized carbons (Fsp3) is 0.333.